The zero-order chi connectivity index (χ0) is 16.4. The van der Waals surface area contributed by atoms with Crippen LogP contribution in [-0.4, -0.2) is 49.2 Å². The van der Waals surface area contributed by atoms with Crippen LogP contribution < -0.4 is 5.32 Å². The van der Waals surface area contributed by atoms with E-state index in [0.717, 1.165) is 31.7 Å². The molecule has 5 nitrogen and oxygen atoms in total. The molecule has 1 aliphatic heterocycles. The van der Waals surface area contributed by atoms with Crippen LogP contribution in [0.2, 0.25) is 5.02 Å². The summed E-state index contributed by atoms with van der Waals surface area (Å²) in [6.45, 7) is 8.03. The summed E-state index contributed by atoms with van der Waals surface area (Å²) in [6, 6.07) is 7.02. The Bertz CT molecular complexity index is 705. The Kier molecular flexibility index (Phi) is 4.62. The summed E-state index contributed by atoms with van der Waals surface area (Å²) in [5, 5.41) is 4.42. The number of halogens is 1. The van der Waals surface area contributed by atoms with E-state index in [1.807, 2.05) is 0 Å². The van der Waals surface area contributed by atoms with Crippen molar-refractivity contribution >= 4 is 28.5 Å². The van der Waals surface area contributed by atoms with E-state index in [2.05, 4.69) is 24.1 Å². The molecule has 0 radical (unpaired) electrons. The van der Waals surface area contributed by atoms with Gasteiger partial charge < -0.3 is 14.5 Å². The van der Waals surface area contributed by atoms with Crippen LogP contribution >= 0.6 is 11.6 Å². The third kappa shape index (κ3) is 3.68. The molecule has 0 spiro atoms. The Morgan fingerprint density at radius 3 is 2.78 bits per heavy atom. The summed E-state index contributed by atoms with van der Waals surface area (Å²) in [5.74, 6) is 0.0960. The number of ether oxygens (including phenoxy) is 1. The highest BCUT2D eigenvalue weighted by Gasteiger charge is 2.29. The first-order valence-corrected chi connectivity index (χ1v) is 8.14. The summed E-state index contributed by atoms with van der Waals surface area (Å²) in [7, 11) is 0. The maximum absolute atomic E-state index is 12.3. The Morgan fingerprint density at radius 1 is 1.30 bits per heavy atom. The molecule has 0 bridgehead atoms. The van der Waals surface area contributed by atoms with Crippen LogP contribution in [0, 0.1) is 0 Å². The van der Waals surface area contributed by atoms with E-state index in [9.17, 15) is 4.79 Å². The topological polar surface area (TPSA) is 54.7 Å². The van der Waals surface area contributed by atoms with Crippen molar-refractivity contribution in [1.29, 1.82) is 0 Å². The fourth-order valence-corrected chi connectivity index (χ4v) is 2.97. The van der Waals surface area contributed by atoms with E-state index in [1.165, 1.54) is 0 Å². The van der Waals surface area contributed by atoms with E-state index >= 15 is 0 Å². The van der Waals surface area contributed by atoms with Crippen molar-refractivity contribution in [3.63, 3.8) is 0 Å². The Labute approximate surface area is 140 Å². The second-order valence-electron chi connectivity index (χ2n) is 6.39. The van der Waals surface area contributed by atoms with Gasteiger partial charge in [0.15, 0.2) is 5.76 Å². The maximum atomic E-state index is 12.3. The second-order valence-corrected chi connectivity index (χ2v) is 6.82. The molecular formula is C17H21ClN2O3. The molecule has 0 unspecified atom stereocenters. The molecule has 1 N–H and O–H groups in total. The predicted molar refractivity (Wildman–Crippen MR) is 90.0 cm³/mol. The number of carbonyl (C=O) groups is 1. The SMILES string of the molecule is CC(C)(CNC(=O)c1cc2cc(Cl)ccc2o1)N1CCOCC1. The number of nitrogens with one attached hydrogen (secondary N) is 1. The predicted octanol–water partition coefficient (Wildman–Crippen LogP) is 2.93. The monoisotopic (exact) mass is 336 g/mol. The van der Waals surface area contributed by atoms with Crippen LogP contribution in [0.25, 0.3) is 11.0 Å². The van der Waals surface area contributed by atoms with E-state index < -0.39 is 0 Å². The molecule has 1 saturated heterocycles. The smallest absolute Gasteiger partial charge is 0.287 e. The lowest BCUT2D eigenvalue weighted by atomic mass is 10.0. The highest BCUT2D eigenvalue weighted by molar-refractivity contribution is 6.31. The molecule has 0 aliphatic carbocycles. The van der Waals surface area contributed by atoms with Crippen LogP contribution in [0.5, 0.6) is 0 Å². The van der Waals surface area contributed by atoms with Crippen molar-refractivity contribution in [3.8, 4) is 0 Å². The molecule has 1 aliphatic rings. The molecule has 3 rings (SSSR count). The van der Waals surface area contributed by atoms with Crippen LogP contribution in [0.3, 0.4) is 0 Å². The summed E-state index contributed by atoms with van der Waals surface area (Å²) >= 11 is 5.96. The van der Waals surface area contributed by atoms with Gasteiger partial charge in [-0.05, 0) is 38.1 Å². The van der Waals surface area contributed by atoms with Gasteiger partial charge in [0.1, 0.15) is 5.58 Å². The lowest BCUT2D eigenvalue weighted by molar-refractivity contribution is -0.00929. The van der Waals surface area contributed by atoms with Crippen molar-refractivity contribution < 1.29 is 13.9 Å². The molecule has 1 aromatic heterocycles. The van der Waals surface area contributed by atoms with E-state index in [0.29, 0.717) is 22.9 Å². The number of furan rings is 1. The molecule has 1 aromatic carbocycles. The normalized spacial score (nSPS) is 16.7. The zero-order valence-corrected chi connectivity index (χ0v) is 14.2. The van der Waals surface area contributed by atoms with Crippen molar-refractivity contribution in [3.05, 3.63) is 35.0 Å². The van der Waals surface area contributed by atoms with Crippen molar-refractivity contribution in [2.45, 2.75) is 19.4 Å². The molecule has 2 heterocycles. The Morgan fingerprint density at radius 2 is 2.04 bits per heavy atom. The van der Waals surface area contributed by atoms with Gasteiger partial charge in [-0.25, -0.2) is 0 Å². The first-order chi connectivity index (χ1) is 11.0. The summed E-state index contributed by atoms with van der Waals surface area (Å²) in [4.78, 5) is 14.7. The van der Waals surface area contributed by atoms with Gasteiger partial charge in [-0.15, -0.1) is 0 Å². The van der Waals surface area contributed by atoms with Gasteiger partial charge in [-0.2, -0.15) is 0 Å². The van der Waals surface area contributed by atoms with Gasteiger partial charge in [0, 0.05) is 35.6 Å². The minimum Gasteiger partial charge on any atom is -0.451 e. The summed E-state index contributed by atoms with van der Waals surface area (Å²) in [5.41, 5.74) is 0.529. The molecular weight excluding hydrogens is 316 g/mol. The average Bonchev–Trinajstić information content (AvgIpc) is 2.96. The molecule has 6 heteroatoms. The summed E-state index contributed by atoms with van der Waals surface area (Å²) < 4.78 is 11.0. The van der Waals surface area contributed by atoms with E-state index in [4.69, 9.17) is 20.8 Å². The first kappa shape index (κ1) is 16.3. The third-order valence-corrected chi connectivity index (χ3v) is 4.49. The Hall–Kier alpha value is -1.56. The fraction of sp³-hybridized carbons (Fsp3) is 0.471. The molecule has 23 heavy (non-hydrogen) atoms. The van der Waals surface area contributed by atoms with Gasteiger partial charge in [-0.3, -0.25) is 9.69 Å². The standard InChI is InChI=1S/C17H21ClN2O3/c1-17(2,20-5-7-22-8-6-20)11-19-16(21)15-10-12-9-13(18)3-4-14(12)23-15/h3-4,9-10H,5-8,11H2,1-2H3,(H,19,21). The second kappa shape index (κ2) is 6.51. The van der Waals surface area contributed by atoms with Crippen molar-refractivity contribution in [1.82, 2.24) is 10.2 Å². The van der Waals surface area contributed by atoms with Crippen molar-refractivity contribution in [2.75, 3.05) is 32.8 Å². The number of benzene rings is 1. The van der Waals surface area contributed by atoms with Crippen LogP contribution in [0.15, 0.2) is 28.7 Å². The van der Waals surface area contributed by atoms with Crippen LogP contribution in [0.4, 0.5) is 0 Å². The van der Waals surface area contributed by atoms with Gasteiger partial charge in [0.25, 0.3) is 5.91 Å². The molecule has 124 valence electrons. The molecule has 2 aromatic rings. The largest absolute Gasteiger partial charge is 0.451 e. The molecule has 1 fully saturated rings. The van der Waals surface area contributed by atoms with Gasteiger partial charge >= 0.3 is 0 Å². The average molecular weight is 337 g/mol. The number of amides is 1. The lowest BCUT2D eigenvalue weighted by Gasteiger charge is -2.40. The highest BCUT2D eigenvalue weighted by Crippen LogP contribution is 2.23. The van der Waals surface area contributed by atoms with Gasteiger partial charge in [0.2, 0.25) is 0 Å². The number of morpholine rings is 1. The Balaban J connectivity index is 1.65. The van der Waals surface area contributed by atoms with E-state index in [1.54, 1.807) is 24.3 Å². The fourth-order valence-electron chi connectivity index (χ4n) is 2.79. The highest BCUT2D eigenvalue weighted by atomic mass is 35.5. The minimum atomic E-state index is -0.210. The van der Waals surface area contributed by atoms with E-state index in [-0.39, 0.29) is 11.4 Å². The first-order valence-electron chi connectivity index (χ1n) is 7.76. The van der Waals surface area contributed by atoms with Gasteiger partial charge in [0.05, 0.1) is 13.2 Å². The third-order valence-electron chi connectivity index (χ3n) is 4.25. The number of rotatable bonds is 4. The van der Waals surface area contributed by atoms with Crippen molar-refractivity contribution in [2.24, 2.45) is 0 Å². The summed E-state index contributed by atoms with van der Waals surface area (Å²) in [6.07, 6.45) is 0. The quantitative estimate of drug-likeness (QED) is 0.932. The van der Waals surface area contributed by atoms with Crippen LogP contribution in [0.1, 0.15) is 24.4 Å². The van der Waals surface area contributed by atoms with Gasteiger partial charge in [-0.1, -0.05) is 11.6 Å². The number of hydrogen-bond acceptors (Lipinski definition) is 4. The number of carbonyl (C=O) groups excluding carboxylic acids is 1. The molecule has 0 saturated carbocycles. The molecule has 0 atom stereocenters. The number of fused-ring (bicyclic) bond motifs is 1. The van der Waals surface area contributed by atoms with Crippen LogP contribution in [-0.2, 0) is 4.74 Å². The molecule has 1 amide bonds. The lowest BCUT2D eigenvalue weighted by Crippen LogP contribution is -2.55. The number of nitrogens with zero attached hydrogens (tertiary/aromatic N) is 1. The minimum absolute atomic E-state index is 0.130. The maximum Gasteiger partial charge on any atom is 0.287 e. The zero-order valence-electron chi connectivity index (χ0n) is 13.4. The number of hydrogen-bond donors (Lipinski definition) is 1.